The summed E-state index contributed by atoms with van der Waals surface area (Å²) in [7, 11) is 4.51. The minimum absolute atomic E-state index is 0.0354. The van der Waals surface area contributed by atoms with E-state index in [0.29, 0.717) is 29.4 Å². The molecule has 1 fully saturated rings. The highest BCUT2D eigenvalue weighted by Gasteiger charge is 2.34. The average molecular weight is 385 g/mol. The highest BCUT2D eigenvalue weighted by molar-refractivity contribution is 7.99. The van der Waals surface area contributed by atoms with Crippen molar-refractivity contribution in [1.82, 2.24) is 5.32 Å². The number of nitrogens with one attached hydrogen (secondary N) is 1. The number of methoxy groups -OCH3 is 3. The number of aliphatic hydroxyl groups is 1. The van der Waals surface area contributed by atoms with Crippen LogP contribution in [-0.2, 0) is 4.74 Å². The Morgan fingerprint density at radius 1 is 1.15 bits per heavy atom. The van der Waals surface area contributed by atoms with Gasteiger partial charge in [-0.05, 0) is 36.5 Å². The predicted molar refractivity (Wildman–Crippen MR) is 101 cm³/mol. The van der Waals surface area contributed by atoms with Crippen molar-refractivity contribution in [3.8, 4) is 17.2 Å². The average Bonchev–Trinajstić information content (AvgIpc) is 2.69. The van der Waals surface area contributed by atoms with Gasteiger partial charge >= 0.3 is 0 Å². The van der Waals surface area contributed by atoms with Crippen molar-refractivity contribution in [2.45, 2.75) is 18.4 Å². The molecule has 1 saturated heterocycles. The fourth-order valence-corrected chi connectivity index (χ4v) is 4.23. The van der Waals surface area contributed by atoms with Crippen molar-refractivity contribution in [3.05, 3.63) is 17.7 Å². The molecule has 0 unspecified atom stereocenters. The molecule has 0 spiro atoms. The van der Waals surface area contributed by atoms with Gasteiger partial charge in [0.1, 0.15) is 0 Å². The Morgan fingerprint density at radius 3 is 2.42 bits per heavy atom. The maximum atomic E-state index is 12.8. The number of carbonyl (C=O) groups excluding carboxylic acids is 1. The third kappa shape index (κ3) is 4.75. The molecule has 0 aromatic heterocycles. The molecule has 1 amide bonds. The molecule has 26 heavy (non-hydrogen) atoms. The molecule has 0 saturated carbocycles. The summed E-state index contributed by atoms with van der Waals surface area (Å²) in [6.45, 7) is 0.608. The van der Waals surface area contributed by atoms with Crippen molar-refractivity contribution < 1.29 is 28.8 Å². The summed E-state index contributed by atoms with van der Waals surface area (Å²) < 4.78 is 21.8. The van der Waals surface area contributed by atoms with Crippen molar-refractivity contribution >= 4 is 17.7 Å². The molecule has 0 aliphatic carbocycles. The number of carbonyl (C=O) groups is 1. The number of hydrogen-bond donors (Lipinski definition) is 2. The molecule has 8 heteroatoms. The standard InChI is InChI=1S/C18H27NO6S/c1-22-14-5-4-13(15(23-2)16(14)24-3)17(21)19-12-18(25-9-8-20)6-10-26-11-7-18/h4-5,20H,6-12H2,1-3H3,(H,19,21). The van der Waals surface area contributed by atoms with E-state index in [4.69, 9.17) is 24.1 Å². The molecular formula is C18H27NO6S. The number of ether oxygens (including phenoxy) is 4. The molecule has 0 radical (unpaired) electrons. The number of rotatable bonds is 9. The lowest BCUT2D eigenvalue weighted by Crippen LogP contribution is -2.48. The van der Waals surface area contributed by atoms with Crippen LogP contribution in [0.1, 0.15) is 23.2 Å². The van der Waals surface area contributed by atoms with Gasteiger partial charge in [0.2, 0.25) is 5.75 Å². The molecule has 1 aromatic rings. The van der Waals surface area contributed by atoms with Gasteiger partial charge in [0.25, 0.3) is 5.91 Å². The van der Waals surface area contributed by atoms with E-state index in [9.17, 15) is 4.79 Å². The summed E-state index contributed by atoms with van der Waals surface area (Å²) in [5.41, 5.74) is -0.0689. The summed E-state index contributed by atoms with van der Waals surface area (Å²) in [5.74, 6) is 2.87. The van der Waals surface area contributed by atoms with Crippen LogP contribution in [0.15, 0.2) is 12.1 Å². The van der Waals surface area contributed by atoms with Gasteiger partial charge in [-0.25, -0.2) is 0 Å². The van der Waals surface area contributed by atoms with E-state index in [0.717, 1.165) is 24.3 Å². The largest absolute Gasteiger partial charge is 0.493 e. The Hall–Kier alpha value is -1.64. The summed E-state index contributed by atoms with van der Waals surface area (Å²) in [6.07, 6.45) is 1.67. The first-order chi connectivity index (χ1) is 12.6. The highest BCUT2D eigenvalue weighted by atomic mass is 32.2. The monoisotopic (exact) mass is 385 g/mol. The van der Waals surface area contributed by atoms with E-state index in [1.54, 1.807) is 12.1 Å². The summed E-state index contributed by atoms with van der Waals surface area (Å²) in [4.78, 5) is 12.8. The van der Waals surface area contributed by atoms with E-state index < -0.39 is 5.60 Å². The maximum absolute atomic E-state index is 12.8. The lowest BCUT2D eigenvalue weighted by Gasteiger charge is -2.37. The van der Waals surface area contributed by atoms with Gasteiger partial charge in [0, 0.05) is 6.54 Å². The van der Waals surface area contributed by atoms with Crippen LogP contribution in [0, 0.1) is 0 Å². The molecule has 1 aromatic carbocycles. The molecule has 1 heterocycles. The first-order valence-electron chi connectivity index (χ1n) is 8.50. The van der Waals surface area contributed by atoms with Crippen LogP contribution in [0.25, 0.3) is 0 Å². The van der Waals surface area contributed by atoms with E-state index in [-0.39, 0.29) is 19.1 Å². The first kappa shape index (κ1) is 20.7. The number of aliphatic hydroxyl groups excluding tert-OH is 1. The second-order valence-corrected chi connectivity index (χ2v) is 7.16. The van der Waals surface area contributed by atoms with E-state index >= 15 is 0 Å². The van der Waals surface area contributed by atoms with Crippen LogP contribution in [0.3, 0.4) is 0 Å². The SMILES string of the molecule is COc1ccc(C(=O)NCC2(OCCO)CCSCC2)c(OC)c1OC. The van der Waals surface area contributed by atoms with Crippen LogP contribution in [0.4, 0.5) is 0 Å². The molecule has 0 atom stereocenters. The Balaban J connectivity index is 2.15. The zero-order chi connectivity index (χ0) is 19.0. The zero-order valence-corrected chi connectivity index (χ0v) is 16.3. The number of benzene rings is 1. The van der Waals surface area contributed by atoms with E-state index in [2.05, 4.69) is 5.32 Å². The first-order valence-corrected chi connectivity index (χ1v) is 9.66. The molecule has 7 nitrogen and oxygen atoms in total. The second kappa shape index (κ2) is 9.89. The van der Waals surface area contributed by atoms with Crippen LogP contribution in [0.2, 0.25) is 0 Å². The van der Waals surface area contributed by atoms with Crippen molar-refractivity contribution in [3.63, 3.8) is 0 Å². The lowest BCUT2D eigenvalue weighted by molar-refractivity contribution is -0.0608. The molecule has 2 N–H and O–H groups in total. The minimum atomic E-state index is -0.437. The van der Waals surface area contributed by atoms with E-state index in [1.165, 1.54) is 21.3 Å². The maximum Gasteiger partial charge on any atom is 0.255 e. The topological polar surface area (TPSA) is 86.3 Å². The van der Waals surface area contributed by atoms with Crippen LogP contribution >= 0.6 is 11.8 Å². The summed E-state index contributed by atoms with van der Waals surface area (Å²) in [6, 6.07) is 3.32. The highest BCUT2D eigenvalue weighted by Crippen LogP contribution is 2.39. The normalized spacial score (nSPS) is 16.0. The van der Waals surface area contributed by atoms with E-state index in [1.807, 2.05) is 11.8 Å². The molecule has 1 aliphatic rings. The minimum Gasteiger partial charge on any atom is -0.493 e. The fourth-order valence-electron chi connectivity index (χ4n) is 2.99. The van der Waals surface area contributed by atoms with Gasteiger partial charge < -0.3 is 29.4 Å². The van der Waals surface area contributed by atoms with Gasteiger partial charge in [-0.3, -0.25) is 4.79 Å². The number of thioether (sulfide) groups is 1. The summed E-state index contributed by atoms with van der Waals surface area (Å²) in [5, 5.41) is 12.0. The molecule has 146 valence electrons. The number of amides is 1. The third-order valence-electron chi connectivity index (χ3n) is 4.42. The van der Waals surface area contributed by atoms with Crippen molar-refractivity contribution in [2.24, 2.45) is 0 Å². The van der Waals surface area contributed by atoms with Gasteiger partial charge in [-0.1, -0.05) is 0 Å². The van der Waals surface area contributed by atoms with Gasteiger partial charge in [-0.2, -0.15) is 11.8 Å². The van der Waals surface area contributed by atoms with Gasteiger partial charge in [0.15, 0.2) is 11.5 Å². The molecular weight excluding hydrogens is 358 g/mol. The smallest absolute Gasteiger partial charge is 0.255 e. The van der Waals surface area contributed by atoms with Crippen LogP contribution < -0.4 is 19.5 Å². The van der Waals surface area contributed by atoms with Crippen molar-refractivity contribution in [2.75, 3.05) is 52.6 Å². The second-order valence-electron chi connectivity index (χ2n) is 5.93. The Bertz CT molecular complexity index is 604. The molecule has 1 aliphatic heterocycles. The van der Waals surface area contributed by atoms with Crippen LogP contribution in [-0.4, -0.2) is 69.2 Å². The Morgan fingerprint density at radius 2 is 1.85 bits per heavy atom. The summed E-state index contributed by atoms with van der Waals surface area (Å²) >= 11 is 1.87. The zero-order valence-electron chi connectivity index (χ0n) is 15.5. The Labute approximate surface area is 158 Å². The lowest BCUT2D eigenvalue weighted by atomic mass is 9.96. The van der Waals surface area contributed by atoms with Gasteiger partial charge in [-0.15, -0.1) is 0 Å². The third-order valence-corrected chi connectivity index (χ3v) is 5.41. The van der Waals surface area contributed by atoms with Gasteiger partial charge in [0.05, 0.1) is 45.7 Å². The predicted octanol–water partition coefficient (Wildman–Crippen LogP) is 1.72. The molecule has 0 bridgehead atoms. The molecule has 2 rings (SSSR count). The number of hydrogen-bond acceptors (Lipinski definition) is 7. The Kier molecular flexibility index (Phi) is 7.86. The quantitative estimate of drug-likeness (QED) is 0.669. The fraction of sp³-hybridized carbons (Fsp3) is 0.611. The van der Waals surface area contributed by atoms with Crippen molar-refractivity contribution in [1.29, 1.82) is 0 Å². The van der Waals surface area contributed by atoms with Crippen LogP contribution in [0.5, 0.6) is 17.2 Å².